The first-order valence-electron chi connectivity index (χ1n) is 5.30. The van der Waals surface area contributed by atoms with Crippen molar-refractivity contribution >= 4 is 5.97 Å². The molecule has 8 heteroatoms. The van der Waals surface area contributed by atoms with Crippen molar-refractivity contribution in [2.24, 2.45) is 0 Å². The number of ether oxygens (including phenoxy) is 1. The molecule has 106 valence electrons. The van der Waals surface area contributed by atoms with Gasteiger partial charge in [-0.05, 0) is 12.1 Å². The average Bonchev–Trinajstić information content (AvgIpc) is 2.87. The molecule has 2 aromatic rings. The van der Waals surface area contributed by atoms with Crippen LogP contribution in [0.3, 0.4) is 0 Å². The topological polar surface area (TPSA) is 72.6 Å². The molecule has 1 heterocycles. The van der Waals surface area contributed by atoms with E-state index in [9.17, 15) is 18.0 Å². The predicted octanol–water partition coefficient (Wildman–Crippen LogP) is 3.13. The number of carboxylic acid groups (broad SMARTS) is 1. The van der Waals surface area contributed by atoms with Crippen LogP contribution in [-0.2, 0) is 0 Å². The zero-order valence-corrected chi connectivity index (χ0v) is 10.1. The molecular weight excluding hydrogens is 279 g/mol. The summed E-state index contributed by atoms with van der Waals surface area (Å²) in [5.41, 5.74) is -1.14. The molecule has 5 nitrogen and oxygen atoms in total. The number of aromatic nitrogens is 1. The molecule has 0 atom stereocenters. The van der Waals surface area contributed by atoms with Crippen molar-refractivity contribution < 1.29 is 32.3 Å². The number of hydrogen-bond donors (Lipinski definition) is 1. The second kappa shape index (κ2) is 5.24. The van der Waals surface area contributed by atoms with Crippen molar-refractivity contribution in [2.75, 3.05) is 7.11 Å². The summed E-state index contributed by atoms with van der Waals surface area (Å²) in [6.07, 6.45) is -2.89. The zero-order chi connectivity index (χ0) is 14.9. The first-order valence-corrected chi connectivity index (χ1v) is 5.30. The van der Waals surface area contributed by atoms with Gasteiger partial charge < -0.3 is 14.4 Å². The van der Waals surface area contributed by atoms with Crippen LogP contribution in [0.25, 0.3) is 11.3 Å². The van der Waals surface area contributed by atoms with Crippen LogP contribution < -0.4 is 4.74 Å². The SMILES string of the molecule is COc1c(F)cc(C(F)F)cc1-c1cc(C(=O)O)no1. The molecule has 2 rings (SSSR count). The summed E-state index contributed by atoms with van der Waals surface area (Å²) >= 11 is 0. The lowest BCUT2D eigenvalue weighted by Gasteiger charge is -2.09. The van der Waals surface area contributed by atoms with Crippen LogP contribution in [0, 0.1) is 5.82 Å². The van der Waals surface area contributed by atoms with E-state index >= 15 is 0 Å². The average molecular weight is 287 g/mol. The lowest BCUT2D eigenvalue weighted by molar-refractivity contribution is 0.0685. The molecule has 0 saturated heterocycles. The summed E-state index contributed by atoms with van der Waals surface area (Å²) in [4.78, 5) is 10.7. The quantitative estimate of drug-likeness (QED) is 0.935. The normalized spacial score (nSPS) is 10.8. The Labute approximate surface area is 110 Å². The number of carbonyl (C=O) groups is 1. The van der Waals surface area contributed by atoms with E-state index in [1.54, 1.807) is 0 Å². The fourth-order valence-electron chi connectivity index (χ4n) is 1.63. The Balaban J connectivity index is 2.60. The van der Waals surface area contributed by atoms with Crippen LogP contribution >= 0.6 is 0 Å². The molecule has 0 bridgehead atoms. The number of benzene rings is 1. The standard InChI is InChI=1S/C12H8F3NO4/c1-19-10-6(2-5(11(14)15)3-7(10)13)9-4-8(12(17)18)16-20-9/h2-4,11H,1H3,(H,17,18). The Hall–Kier alpha value is -2.51. The van der Waals surface area contributed by atoms with Crippen LogP contribution in [0.15, 0.2) is 22.7 Å². The monoisotopic (exact) mass is 287 g/mol. The molecule has 0 unspecified atom stereocenters. The van der Waals surface area contributed by atoms with Crippen molar-refractivity contribution in [3.8, 4) is 17.1 Å². The van der Waals surface area contributed by atoms with E-state index in [-0.39, 0.29) is 17.1 Å². The van der Waals surface area contributed by atoms with Gasteiger partial charge in [-0.3, -0.25) is 0 Å². The van der Waals surface area contributed by atoms with Crippen LogP contribution in [0.4, 0.5) is 13.2 Å². The van der Waals surface area contributed by atoms with E-state index in [0.717, 1.165) is 19.2 Å². The highest BCUT2D eigenvalue weighted by Gasteiger charge is 2.21. The first kappa shape index (κ1) is 13.9. The van der Waals surface area contributed by atoms with Crippen LogP contribution in [0.2, 0.25) is 0 Å². The first-order chi connectivity index (χ1) is 9.43. The summed E-state index contributed by atoms with van der Waals surface area (Å²) in [6.45, 7) is 0. The fourth-order valence-corrected chi connectivity index (χ4v) is 1.63. The third-order valence-corrected chi connectivity index (χ3v) is 2.52. The Morgan fingerprint density at radius 3 is 2.60 bits per heavy atom. The molecule has 1 N–H and O–H groups in total. The van der Waals surface area contributed by atoms with Gasteiger partial charge >= 0.3 is 5.97 Å². The van der Waals surface area contributed by atoms with Gasteiger partial charge in [-0.25, -0.2) is 18.0 Å². The van der Waals surface area contributed by atoms with Crippen molar-refractivity contribution in [3.05, 3.63) is 35.3 Å². The zero-order valence-electron chi connectivity index (χ0n) is 10.1. The molecule has 0 aliphatic carbocycles. The van der Waals surface area contributed by atoms with E-state index in [1.807, 2.05) is 0 Å². The van der Waals surface area contributed by atoms with Crippen LogP contribution in [0.5, 0.6) is 5.75 Å². The predicted molar refractivity (Wildman–Crippen MR) is 60.4 cm³/mol. The lowest BCUT2D eigenvalue weighted by Crippen LogP contribution is -1.96. The molecule has 0 saturated carbocycles. The number of aromatic carboxylic acids is 1. The maximum atomic E-state index is 13.7. The molecule has 0 spiro atoms. The number of rotatable bonds is 4. The van der Waals surface area contributed by atoms with E-state index < -0.39 is 29.5 Å². The molecule has 0 fully saturated rings. The second-order valence-corrected chi connectivity index (χ2v) is 3.77. The fraction of sp³-hybridized carbons (Fsp3) is 0.167. The number of methoxy groups -OCH3 is 1. The van der Waals surface area contributed by atoms with Crippen molar-refractivity contribution in [1.82, 2.24) is 5.16 Å². The molecule has 0 aliphatic rings. The van der Waals surface area contributed by atoms with Gasteiger partial charge in [-0.2, -0.15) is 0 Å². The summed E-state index contributed by atoms with van der Waals surface area (Å²) in [7, 11) is 1.15. The molecule has 0 aliphatic heterocycles. The molecule has 0 radical (unpaired) electrons. The molecule has 0 amide bonds. The Morgan fingerprint density at radius 2 is 2.10 bits per heavy atom. The Bertz CT molecular complexity index is 654. The van der Waals surface area contributed by atoms with Gasteiger partial charge in [0, 0.05) is 11.6 Å². The van der Waals surface area contributed by atoms with Gasteiger partial charge in [-0.15, -0.1) is 0 Å². The molecule has 1 aromatic heterocycles. The smallest absolute Gasteiger partial charge is 0.358 e. The third-order valence-electron chi connectivity index (χ3n) is 2.52. The lowest BCUT2D eigenvalue weighted by atomic mass is 10.1. The molecule has 20 heavy (non-hydrogen) atoms. The highest BCUT2D eigenvalue weighted by molar-refractivity contribution is 5.86. The van der Waals surface area contributed by atoms with Crippen LogP contribution in [-0.4, -0.2) is 23.3 Å². The number of carboxylic acids is 1. The number of hydrogen-bond acceptors (Lipinski definition) is 4. The minimum atomic E-state index is -2.89. The van der Waals surface area contributed by atoms with Crippen molar-refractivity contribution in [2.45, 2.75) is 6.43 Å². The van der Waals surface area contributed by atoms with Crippen molar-refractivity contribution in [3.63, 3.8) is 0 Å². The largest absolute Gasteiger partial charge is 0.493 e. The second-order valence-electron chi connectivity index (χ2n) is 3.77. The summed E-state index contributed by atoms with van der Waals surface area (Å²) in [6, 6.07) is 2.59. The summed E-state index contributed by atoms with van der Waals surface area (Å²) < 4.78 is 48.5. The van der Waals surface area contributed by atoms with E-state index in [1.165, 1.54) is 0 Å². The number of alkyl halides is 2. The van der Waals surface area contributed by atoms with Gasteiger partial charge in [0.15, 0.2) is 23.0 Å². The summed E-state index contributed by atoms with van der Waals surface area (Å²) in [5, 5.41) is 12.0. The number of halogens is 3. The highest BCUT2D eigenvalue weighted by Crippen LogP contribution is 2.36. The van der Waals surface area contributed by atoms with Crippen molar-refractivity contribution in [1.29, 1.82) is 0 Å². The minimum Gasteiger partial charge on any atom is -0.493 e. The van der Waals surface area contributed by atoms with Gasteiger partial charge in [0.25, 0.3) is 6.43 Å². The highest BCUT2D eigenvalue weighted by atomic mass is 19.3. The van der Waals surface area contributed by atoms with Gasteiger partial charge in [0.1, 0.15) is 0 Å². The van der Waals surface area contributed by atoms with Crippen LogP contribution in [0.1, 0.15) is 22.5 Å². The Morgan fingerprint density at radius 1 is 1.40 bits per heavy atom. The maximum Gasteiger partial charge on any atom is 0.358 e. The Kier molecular flexibility index (Phi) is 3.64. The van der Waals surface area contributed by atoms with E-state index in [4.69, 9.17) is 14.4 Å². The van der Waals surface area contributed by atoms with Gasteiger partial charge in [-0.1, -0.05) is 5.16 Å². The molecular formula is C12H8F3NO4. The minimum absolute atomic E-state index is 0.136. The summed E-state index contributed by atoms with van der Waals surface area (Å²) in [5.74, 6) is -2.87. The van der Waals surface area contributed by atoms with E-state index in [0.29, 0.717) is 6.07 Å². The van der Waals surface area contributed by atoms with Gasteiger partial charge in [0.2, 0.25) is 0 Å². The third kappa shape index (κ3) is 2.44. The van der Waals surface area contributed by atoms with Gasteiger partial charge in [0.05, 0.1) is 12.7 Å². The van der Waals surface area contributed by atoms with E-state index in [2.05, 4.69) is 5.16 Å². The maximum absolute atomic E-state index is 13.7. The molecule has 1 aromatic carbocycles. The number of nitrogens with zero attached hydrogens (tertiary/aromatic N) is 1.